The Morgan fingerprint density at radius 1 is 1.21 bits per heavy atom. The first-order valence-electron chi connectivity index (χ1n) is 9.23. The number of carbonyl (C=O) groups is 1. The number of ether oxygens (including phenoxy) is 1. The van der Waals surface area contributed by atoms with E-state index in [-0.39, 0.29) is 17.7 Å². The monoisotopic (exact) mass is 379 g/mol. The summed E-state index contributed by atoms with van der Waals surface area (Å²) in [6.07, 6.45) is 13.8. The highest BCUT2D eigenvalue weighted by molar-refractivity contribution is 5.99. The van der Waals surface area contributed by atoms with Gasteiger partial charge in [-0.3, -0.25) is 9.69 Å². The van der Waals surface area contributed by atoms with E-state index in [1.807, 2.05) is 30.5 Å². The lowest BCUT2D eigenvalue weighted by molar-refractivity contribution is -0.122. The van der Waals surface area contributed by atoms with Gasteiger partial charge in [-0.2, -0.15) is 0 Å². The van der Waals surface area contributed by atoms with Crippen LogP contribution >= 0.6 is 0 Å². The standard InChI is InChI=1S/C22H22FN3O2/c1-28-21-8-5-16(11-20(21)23)15-3-2-4-18-6-7-19(14-26(18)22(27)12-15)25-10-9-17(24)13-25/h2-8,11-12,14,17H,9-10,13,24H2,1H3/b3-2?,15-12?,18-4+/t17-/m0/s1. The van der Waals surface area contributed by atoms with Crippen LogP contribution in [0.3, 0.4) is 0 Å². The second kappa shape index (κ2) is 7.48. The van der Waals surface area contributed by atoms with Crippen LogP contribution in [0.15, 0.2) is 72.2 Å². The normalized spacial score (nSPS) is 23.5. The molecule has 0 aliphatic carbocycles. The summed E-state index contributed by atoms with van der Waals surface area (Å²) < 4.78 is 19.1. The topological polar surface area (TPSA) is 58.8 Å². The Morgan fingerprint density at radius 3 is 2.75 bits per heavy atom. The molecular weight excluding hydrogens is 357 g/mol. The van der Waals surface area contributed by atoms with Crippen LogP contribution in [0.25, 0.3) is 5.57 Å². The van der Waals surface area contributed by atoms with Crippen molar-refractivity contribution in [2.24, 2.45) is 5.73 Å². The number of hydrogen-bond acceptors (Lipinski definition) is 4. The summed E-state index contributed by atoms with van der Waals surface area (Å²) in [5, 5.41) is 0. The number of nitrogens with zero attached hydrogens (tertiary/aromatic N) is 2. The van der Waals surface area contributed by atoms with Gasteiger partial charge in [-0.05, 0) is 47.9 Å². The quantitative estimate of drug-likeness (QED) is 0.877. The zero-order chi connectivity index (χ0) is 19.7. The van der Waals surface area contributed by atoms with Crippen LogP contribution < -0.4 is 10.5 Å². The van der Waals surface area contributed by atoms with Gasteiger partial charge >= 0.3 is 0 Å². The Hall–Kier alpha value is -3.12. The van der Waals surface area contributed by atoms with Crippen molar-refractivity contribution in [3.05, 3.63) is 83.6 Å². The Kier molecular flexibility index (Phi) is 4.88. The van der Waals surface area contributed by atoms with Crippen LogP contribution in [-0.2, 0) is 4.79 Å². The third-order valence-electron chi connectivity index (χ3n) is 5.10. The number of benzene rings is 1. The number of fused-ring (bicyclic) bond motifs is 1. The maximum Gasteiger partial charge on any atom is 0.255 e. The molecule has 4 rings (SSSR count). The Morgan fingerprint density at radius 2 is 2.04 bits per heavy atom. The summed E-state index contributed by atoms with van der Waals surface area (Å²) in [6.45, 7) is 1.66. The lowest BCUT2D eigenvalue weighted by atomic mass is 10.0. The minimum absolute atomic E-state index is 0.161. The Labute approximate surface area is 163 Å². The number of carbonyl (C=O) groups excluding carboxylic acids is 1. The zero-order valence-corrected chi connectivity index (χ0v) is 15.6. The van der Waals surface area contributed by atoms with Gasteiger partial charge in [0, 0.05) is 37.1 Å². The van der Waals surface area contributed by atoms with Crippen LogP contribution in [0.5, 0.6) is 5.75 Å². The van der Waals surface area contributed by atoms with E-state index in [1.165, 1.54) is 19.3 Å². The molecule has 28 heavy (non-hydrogen) atoms. The molecule has 3 heterocycles. The van der Waals surface area contributed by atoms with Gasteiger partial charge in [-0.25, -0.2) is 4.39 Å². The van der Waals surface area contributed by atoms with Crippen molar-refractivity contribution in [3.8, 4) is 5.75 Å². The molecule has 3 aliphatic rings. The maximum absolute atomic E-state index is 14.1. The van der Waals surface area contributed by atoms with Gasteiger partial charge in [0.2, 0.25) is 0 Å². The molecule has 1 aromatic rings. The molecule has 1 fully saturated rings. The number of rotatable bonds is 3. The van der Waals surface area contributed by atoms with Gasteiger partial charge in [0.1, 0.15) is 0 Å². The lowest BCUT2D eigenvalue weighted by Gasteiger charge is -2.28. The molecule has 1 saturated heterocycles. The first-order valence-corrected chi connectivity index (χ1v) is 9.23. The number of methoxy groups -OCH3 is 1. The van der Waals surface area contributed by atoms with Gasteiger partial charge in [0.25, 0.3) is 5.91 Å². The highest BCUT2D eigenvalue weighted by Crippen LogP contribution is 2.28. The van der Waals surface area contributed by atoms with E-state index < -0.39 is 5.82 Å². The molecule has 0 radical (unpaired) electrons. The van der Waals surface area contributed by atoms with E-state index in [4.69, 9.17) is 10.5 Å². The van der Waals surface area contributed by atoms with Gasteiger partial charge in [0.15, 0.2) is 11.6 Å². The number of halogens is 1. The summed E-state index contributed by atoms with van der Waals surface area (Å²) >= 11 is 0. The molecule has 2 N–H and O–H groups in total. The van der Waals surface area contributed by atoms with Crippen molar-refractivity contribution >= 4 is 11.5 Å². The molecule has 6 heteroatoms. The second-order valence-electron chi connectivity index (χ2n) is 6.99. The number of hydrogen-bond donors (Lipinski definition) is 1. The van der Waals surface area contributed by atoms with Crippen molar-refractivity contribution in [1.82, 2.24) is 9.80 Å². The molecule has 3 aliphatic heterocycles. The fourth-order valence-electron chi connectivity index (χ4n) is 3.56. The largest absolute Gasteiger partial charge is 0.494 e. The summed E-state index contributed by atoms with van der Waals surface area (Å²) in [6, 6.07) is 4.83. The van der Waals surface area contributed by atoms with E-state index in [9.17, 15) is 9.18 Å². The molecule has 0 spiro atoms. The average molecular weight is 379 g/mol. The Balaban J connectivity index is 1.65. The lowest BCUT2D eigenvalue weighted by Crippen LogP contribution is -2.31. The highest BCUT2D eigenvalue weighted by atomic mass is 19.1. The summed E-state index contributed by atoms with van der Waals surface area (Å²) in [5.41, 5.74) is 9.00. The van der Waals surface area contributed by atoms with Crippen LogP contribution in [0.1, 0.15) is 12.0 Å². The predicted octanol–water partition coefficient (Wildman–Crippen LogP) is 2.94. The second-order valence-corrected chi connectivity index (χ2v) is 6.99. The van der Waals surface area contributed by atoms with E-state index >= 15 is 0 Å². The molecule has 0 bridgehead atoms. The molecule has 1 aromatic carbocycles. The van der Waals surface area contributed by atoms with E-state index in [0.29, 0.717) is 11.1 Å². The summed E-state index contributed by atoms with van der Waals surface area (Å²) in [7, 11) is 1.42. The first kappa shape index (κ1) is 18.3. The molecule has 1 atom stereocenters. The molecular formula is C22H22FN3O2. The summed E-state index contributed by atoms with van der Waals surface area (Å²) in [4.78, 5) is 16.8. The average Bonchev–Trinajstić information content (AvgIpc) is 3.12. The fourth-order valence-corrected chi connectivity index (χ4v) is 3.56. The predicted molar refractivity (Wildman–Crippen MR) is 106 cm³/mol. The van der Waals surface area contributed by atoms with Crippen LogP contribution in [0, 0.1) is 5.82 Å². The molecule has 0 aromatic heterocycles. The molecule has 5 nitrogen and oxygen atoms in total. The smallest absolute Gasteiger partial charge is 0.255 e. The van der Waals surface area contributed by atoms with Crippen LogP contribution in [0.2, 0.25) is 0 Å². The third-order valence-corrected chi connectivity index (χ3v) is 5.10. The zero-order valence-electron chi connectivity index (χ0n) is 15.6. The number of likely N-dealkylation sites (tertiary alicyclic amines) is 1. The number of allylic oxidation sites excluding steroid dienone is 6. The Bertz CT molecular complexity index is 959. The van der Waals surface area contributed by atoms with Gasteiger partial charge < -0.3 is 15.4 Å². The van der Waals surface area contributed by atoms with E-state index in [2.05, 4.69) is 4.90 Å². The van der Waals surface area contributed by atoms with Crippen molar-refractivity contribution in [2.45, 2.75) is 12.5 Å². The highest BCUT2D eigenvalue weighted by Gasteiger charge is 2.24. The number of amides is 1. The van der Waals surface area contributed by atoms with Crippen molar-refractivity contribution < 1.29 is 13.9 Å². The molecule has 0 unspecified atom stereocenters. The number of nitrogens with two attached hydrogens (primary N) is 1. The molecule has 0 saturated carbocycles. The SMILES string of the molecule is COc1ccc(C2=CC(=O)N3C=C(N4CC[C@H](N)C4)C=C/C3=C\C=C2)cc1F. The fraction of sp³-hybridized carbons (Fsp3) is 0.227. The molecule has 1 amide bonds. The van der Waals surface area contributed by atoms with E-state index in [1.54, 1.807) is 23.1 Å². The molecule has 144 valence electrons. The van der Waals surface area contributed by atoms with Crippen molar-refractivity contribution in [1.29, 1.82) is 0 Å². The first-order chi connectivity index (χ1) is 13.5. The van der Waals surface area contributed by atoms with Crippen molar-refractivity contribution in [2.75, 3.05) is 20.2 Å². The minimum Gasteiger partial charge on any atom is -0.494 e. The summed E-state index contributed by atoms with van der Waals surface area (Å²) in [5.74, 6) is -0.481. The van der Waals surface area contributed by atoms with Gasteiger partial charge in [-0.1, -0.05) is 18.2 Å². The van der Waals surface area contributed by atoms with Crippen molar-refractivity contribution in [3.63, 3.8) is 0 Å². The minimum atomic E-state index is -0.464. The van der Waals surface area contributed by atoms with Gasteiger partial charge in [0.05, 0.1) is 12.8 Å². The third kappa shape index (κ3) is 3.51. The van der Waals surface area contributed by atoms with Crippen LogP contribution in [-0.4, -0.2) is 41.9 Å². The van der Waals surface area contributed by atoms with Gasteiger partial charge in [-0.15, -0.1) is 0 Å². The van der Waals surface area contributed by atoms with E-state index in [0.717, 1.165) is 30.9 Å². The maximum atomic E-state index is 14.1. The van der Waals surface area contributed by atoms with Crippen LogP contribution in [0.4, 0.5) is 4.39 Å².